The second-order valence-electron chi connectivity index (χ2n) is 6.29. The summed E-state index contributed by atoms with van der Waals surface area (Å²) < 4.78 is 11.2. The van der Waals surface area contributed by atoms with E-state index in [-0.39, 0.29) is 24.9 Å². The maximum atomic E-state index is 12.3. The fraction of sp³-hybridized carbons (Fsp3) is 0.529. The minimum atomic E-state index is -0.809. The number of carboxylic acids is 1. The summed E-state index contributed by atoms with van der Waals surface area (Å²) in [6, 6.07) is 3.30. The second-order valence-corrected chi connectivity index (χ2v) is 6.70. The lowest BCUT2D eigenvalue weighted by atomic mass is 9.98. The summed E-state index contributed by atoms with van der Waals surface area (Å²) in [5, 5.41) is 12.3. The topological polar surface area (TPSA) is 88.1 Å². The van der Waals surface area contributed by atoms with Crippen LogP contribution in [0.15, 0.2) is 12.1 Å². The predicted octanol–water partition coefficient (Wildman–Crippen LogP) is 2.66. The van der Waals surface area contributed by atoms with Crippen LogP contribution >= 0.6 is 24.0 Å². The minimum absolute atomic E-state index is 0. The molecule has 1 fully saturated rings. The van der Waals surface area contributed by atoms with Crippen LogP contribution in [0.4, 0.5) is 5.69 Å². The number of amides is 1. The van der Waals surface area contributed by atoms with Crippen LogP contribution in [0.2, 0.25) is 5.02 Å². The number of fused-ring (bicyclic) bond motifs is 1. The molecule has 1 aromatic rings. The number of piperidine rings is 1. The van der Waals surface area contributed by atoms with E-state index in [4.69, 9.17) is 26.2 Å². The molecule has 7 nitrogen and oxygen atoms in total. The zero-order valence-corrected chi connectivity index (χ0v) is 15.8. The van der Waals surface area contributed by atoms with Crippen LogP contribution in [0.5, 0.6) is 11.5 Å². The maximum Gasteiger partial charge on any atom is 0.307 e. The second kappa shape index (κ2) is 9.30. The van der Waals surface area contributed by atoms with Crippen molar-refractivity contribution in [1.29, 1.82) is 0 Å². The van der Waals surface area contributed by atoms with Crippen LogP contribution in [0.1, 0.15) is 19.3 Å². The van der Waals surface area contributed by atoms with Crippen molar-refractivity contribution in [2.45, 2.75) is 19.3 Å². The molecule has 1 saturated heterocycles. The molecule has 0 saturated carbocycles. The number of hydrogen-bond donors (Lipinski definition) is 2. The van der Waals surface area contributed by atoms with Gasteiger partial charge >= 0.3 is 5.97 Å². The van der Waals surface area contributed by atoms with Gasteiger partial charge < -0.3 is 19.9 Å². The Morgan fingerprint density at radius 3 is 2.62 bits per heavy atom. The van der Waals surface area contributed by atoms with E-state index in [0.29, 0.717) is 54.9 Å². The Labute approximate surface area is 163 Å². The van der Waals surface area contributed by atoms with Gasteiger partial charge in [0.1, 0.15) is 0 Å². The maximum absolute atomic E-state index is 12.3. The normalized spacial score (nSPS) is 19.8. The zero-order valence-electron chi connectivity index (χ0n) is 14.2. The van der Waals surface area contributed by atoms with Crippen LogP contribution in [0.25, 0.3) is 0 Å². The van der Waals surface area contributed by atoms with E-state index < -0.39 is 11.9 Å². The van der Waals surface area contributed by atoms with Gasteiger partial charge in [-0.1, -0.05) is 11.6 Å². The number of hydrogen-bond acceptors (Lipinski definition) is 5. The lowest BCUT2D eigenvalue weighted by molar-refractivity contribution is -0.144. The van der Waals surface area contributed by atoms with Crippen molar-refractivity contribution < 1.29 is 24.2 Å². The molecule has 0 bridgehead atoms. The Kier molecular flexibility index (Phi) is 7.37. The highest BCUT2D eigenvalue weighted by molar-refractivity contribution is 6.34. The van der Waals surface area contributed by atoms with E-state index in [1.54, 1.807) is 12.1 Å². The number of ether oxygens (including phenoxy) is 2. The average molecular weight is 405 g/mol. The smallest absolute Gasteiger partial charge is 0.307 e. The predicted molar refractivity (Wildman–Crippen MR) is 99.7 cm³/mol. The highest BCUT2D eigenvalue weighted by Gasteiger charge is 2.26. The summed E-state index contributed by atoms with van der Waals surface area (Å²) in [5.74, 6) is -0.330. The molecule has 1 aromatic carbocycles. The van der Waals surface area contributed by atoms with Gasteiger partial charge in [0.15, 0.2) is 11.5 Å². The largest absolute Gasteiger partial charge is 0.490 e. The molecule has 0 aromatic heterocycles. The monoisotopic (exact) mass is 404 g/mol. The Morgan fingerprint density at radius 1 is 1.23 bits per heavy atom. The Hall–Kier alpha value is -1.70. The number of halogens is 2. The Morgan fingerprint density at radius 2 is 1.92 bits per heavy atom. The number of carbonyl (C=O) groups is 2. The van der Waals surface area contributed by atoms with E-state index in [9.17, 15) is 9.59 Å². The number of carboxylic acid groups (broad SMARTS) is 1. The first-order valence-corrected chi connectivity index (χ1v) is 8.75. The molecule has 0 radical (unpaired) electrons. The van der Waals surface area contributed by atoms with Gasteiger partial charge in [-0.15, -0.1) is 12.4 Å². The minimum Gasteiger partial charge on any atom is -0.490 e. The molecule has 2 aliphatic rings. The van der Waals surface area contributed by atoms with Crippen molar-refractivity contribution in [2.75, 3.05) is 38.2 Å². The van der Waals surface area contributed by atoms with Crippen LogP contribution < -0.4 is 14.8 Å². The number of rotatable bonds is 4. The molecule has 0 aliphatic carbocycles. The van der Waals surface area contributed by atoms with E-state index in [1.165, 1.54) is 0 Å². The highest BCUT2D eigenvalue weighted by atomic mass is 35.5. The van der Waals surface area contributed by atoms with Crippen molar-refractivity contribution in [2.24, 2.45) is 5.92 Å². The molecule has 9 heteroatoms. The summed E-state index contributed by atoms with van der Waals surface area (Å²) in [6.07, 6.45) is 2.21. The molecular weight excluding hydrogens is 383 g/mol. The van der Waals surface area contributed by atoms with Crippen LogP contribution in [0.3, 0.4) is 0 Å². The number of nitrogens with one attached hydrogen (secondary N) is 1. The van der Waals surface area contributed by atoms with Crippen LogP contribution in [-0.2, 0) is 9.59 Å². The van der Waals surface area contributed by atoms with Crippen molar-refractivity contribution in [3.63, 3.8) is 0 Å². The standard InChI is InChI=1S/C17H21ClN2O5.ClH/c18-12-7-14-15(25-6-2-5-24-14)8-13(12)19-16(21)10-20-4-1-3-11(9-20)17(22)23;/h7-8,11H,1-6,9-10H2,(H,19,21)(H,22,23);1H. The molecule has 1 amide bonds. The molecular formula is C17H22Cl2N2O5. The number of likely N-dealkylation sites (tertiary alicyclic amines) is 1. The zero-order chi connectivity index (χ0) is 17.8. The highest BCUT2D eigenvalue weighted by Crippen LogP contribution is 2.37. The average Bonchev–Trinajstić information content (AvgIpc) is 2.80. The lowest BCUT2D eigenvalue weighted by Crippen LogP contribution is -2.42. The van der Waals surface area contributed by atoms with E-state index in [2.05, 4.69) is 5.32 Å². The van der Waals surface area contributed by atoms with Gasteiger partial charge in [0.05, 0.1) is 36.4 Å². The molecule has 1 unspecified atom stereocenters. The lowest BCUT2D eigenvalue weighted by Gasteiger charge is -2.29. The van der Waals surface area contributed by atoms with Crippen LogP contribution in [-0.4, -0.2) is 54.7 Å². The summed E-state index contributed by atoms with van der Waals surface area (Å²) in [4.78, 5) is 25.3. The molecule has 3 rings (SSSR count). The van der Waals surface area contributed by atoms with Gasteiger partial charge in [-0.2, -0.15) is 0 Å². The number of aliphatic carboxylic acids is 1. The SMILES string of the molecule is Cl.O=C(CN1CCCC(C(=O)O)C1)Nc1cc2c(cc1Cl)OCCCO2. The van der Waals surface area contributed by atoms with Gasteiger partial charge in [0, 0.05) is 25.1 Å². The molecule has 1 atom stereocenters. The first kappa shape index (κ1) is 20.6. The third-order valence-corrected chi connectivity index (χ3v) is 4.65. The van der Waals surface area contributed by atoms with E-state index in [1.807, 2.05) is 4.90 Å². The number of anilines is 1. The first-order chi connectivity index (χ1) is 12.0. The summed E-state index contributed by atoms with van der Waals surface area (Å²) in [5.41, 5.74) is 0.461. The fourth-order valence-corrected chi connectivity index (χ4v) is 3.27. The van der Waals surface area contributed by atoms with Crippen molar-refractivity contribution in [3.05, 3.63) is 17.2 Å². The number of carbonyl (C=O) groups excluding carboxylic acids is 1. The van der Waals surface area contributed by atoms with Crippen molar-refractivity contribution >= 4 is 41.6 Å². The first-order valence-electron chi connectivity index (χ1n) is 8.37. The van der Waals surface area contributed by atoms with Gasteiger partial charge in [-0.25, -0.2) is 0 Å². The Balaban J connectivity index is 0.00000243. The molecule has 2 N–H and O–H groups in total. The van der Waals surface area contributed by atoms with Crippen molar-refractivity contribution in [1.82, 2.24) is 4.90 Å². The summed E-state index contributed by atoms with van der Waals surface area (Å²) in [6.45, 7) is 2.35. The van der Waals surface area contributed by atoms with Gasteiger partial charge in [-0.05, 0) is 19.4 Å². The van der Waals surface area contributed by atoms with E-state index >= 15 is 0 Å². The van der Waals surface area contributed by atoms with Gasteiger partial charge in [-0.3, -0.25) is 14.5 Å². The molecule has 2 heterocycles. The van der Waals surface area contributed by atoms with Crippen LogP contribution in [0, 0.1) is 5.92 Å². The number of benzene rings is 1. The van der Waals surface area contributed by atoms with Gasteiger partial charge in [0.2, 0.25) is 5.91 Å². The fourth-order valence-electron chi connectivity index (χ4n) is 3.07. The van der Waals surface area contributed by atoms with Crippen molar-refractivity contribution in [3.8, 4) is 11.5 Å². The summed E-state index contributed by atoms with van der Waals surface area (Å²) in [7, 11) is 0. The Bertz CT molecular complexity index is 671. The van der Waals surface area contributed by atoms with E-state index in [0.717, 1.165) is 12.8 Å². The quantitative estimate of drug-likeness (QED) is 0.801. The third-order valence-electron chi connectivity index (χ3n) is 4.33. The number of nitrogens with zero attached hydrogens (tertiary/aromatic N) is 1. The van der Waals surface area contributed by atoms with Gasteiger partial charge in [0.25, 0.3) is 0 Å². The third kappa shape index (κ3) is 5.16. The molecule has 2 aliphatic heterocycles. The molecule has 26 heavy (non-hydrogen) atoms. The molecule has 0 spiro atoms. The molecule has 144 valence electrons. The summed E-state index contributed by atoms with van der Waals surface area (Å²) >= 11 is 6.22.